The molecule has 0 spiro atoms. The van der Waals surface area contributed by atoms with Crippen LogP contribution < -0.4 is 15.8 Å². The summed E-state index contributed by atoms with van der Waals surface area (Å²) in [5, 5.41) is 0. The van der Waals surface area contributed by atoms with Crippen LogP contribution >= 0.6 is 0 Å². The smallest absolute Gasteiger partial charge is 0.262 e. The second-order valence-electron chi connectivity index (χ2n) is 5.54. The van der Waals surface area contributed by atoms with Gasteiger partial charge in [-0.25, -0.2) is 0 Å². The number of carbonyl (C=O) groups excluding carboxylic acids is 2. The standard InChI is InChI=1S/C20H21N3O2/c1-23(2)18-12-8-17(9-13-18)11-15-20(25)22-21-19(24)14-10-16-6-4-3-5-7-16/h3-15H,1-2H3,(H,21,24)(H,22,25)/b14-10?,15-11+. The Bertz CT molecular complexity index is 763. The molecule has 0 radical (unpaired) electrons. The van der Waals surface area contributed by atoms with Crippen molar-refractivity contribution in [1.29, 1.82) is 0 Å². The number of rotatable bonds is 5. The minimum atomic E-state index is -0.404. The van der Waals surface area contributed by atoms with Gasteiger partial charge in [0.25, 0.3) is 11.8 Å². The summed E-state index contributed by atoms with van der Waals surface area (Å²) >= 11 is 0. The number of amides is 2. The highest BCUT2D eigenvalue weighted by Crippen LogP contribution is 2.12. The molecule has 0 aliphatic carbocycles. The van der Waals surface area contributed by atoms with Crippen LogP contribution in [0.2, 0.25) is 0 Å². The SMILES string of the molecule is CN(C)c1ccc(/C=C/C(=O)NNC(=O)C=Cc2ccccc2)cc1. The Balaban J connectivity index is 1.79. The second kappa shape index (κ2) is 9.08. The van der Waals surface area contributed by atoms with E-state index in [0.717, 1.165) is 16.8 Å². The zero-order valence-corrected chi connectivity index (χ0v) is 14.3. The van der Waals surface area contributed by atoms with Crippen LogP contribution in [0.25, 0.3) is 12.2 Å². The van der Waals surface area contributed by atoms with E-state index in [9.17, 15) is 9.59 Å². The van der Waals surface area contributed by atoms with Crippen LogP contribution in [0, 0.1) is 0 Å². The molecule has 0 atom stereocenters. The van der Waals surface area contributed by atoms with Gasteiger partial charge in [-0.2, -0.15) is 0 Å². The van der Waals surface area contributed by atoms with Crippen molar-refractivity contribution in [2.24, 2.45) is 0 Å². The van der Waals surface area contributed by atoms with E-state index in [-0.39, 0.29) is 0 Å². The Kier molecular flexibility index (Phi) is 6.54. The van der Waals surface area contributed by atoms with E-state index in [1.807, 2.05) is 73.6 Å². The maximum absolute atomic E-state index is 11.7. The molecule has 25 heavy (non-hydrogen) atoms. The molecule has 2 aromatic carbocycles. The largest absolute Gasteiger partial charge is 0.378 e. The maximum atomic E-state index is 11.7. The van der Waals surface area contributed by atoms with Crippen LogP contribution in [-0.4, -0.2) is 25.9 Å². The molecule has 0 bridgehead atoms. The molecule has 5 nitrogen and oxygen atoms in total. The van der Waals surface area contributed by atoms with Crippen molar-refractivity contribution < 1.29 is 9.59 Å². The lowest BCUT2D eigenvalue weighted by molar-refractivity contribution is -0.123. The summed E-state index contributed by atoms with van der Waals surface area (Å²) in [7, 11) is 3.93. The number of hydrogen-bond donors (Lipinski definition) is 2. The van der Waals surface area contributed by atoms with Gasteiger partial charge in [-0.1, -0.05) is 42.5 Å². The second-order valence-corrected chi connectivity index (χ2v) is 5.54. The third-order valence-electron chi connectivity index (χ3n) is 3.37. The lowest BCUT2D eigenvalue weighted by atomic mass is 10.2. The van der Waals surface area contributed by atoms with Crippen molar-refractivity contribution in [3.05, 3.63) is 77.9 Å². The Hall–Kier alpha value is -3.34. The summed E-state index contributed by atoms with van der Waals surface area (Å²) in [6, 6.07) is 17.2. The van der Waals surface area contributed by atoms with Crippen molar-refractivity contribution >= 4 is 29.7 Å². The van der Waals surface area contributed by atoms with Gasteiger partial charge in [-0.05, 0) is 35.4 Å². The first-order chi connectivity index (χ1) is 12.0. The fourth-order valence-electron chi connectivity index (χ4n) is 2.00. The van der Waals surface area contributed by atoms with Gasteiger partial charge in [0, 0.05) is 31.9 Å². The van der Waals surface area contributed by atoms with Gasteiger partial charge in [0.15, 0.2) is 0 Å². The Labute approximate surface area is 147 Å². The molecule has 128 valence electrons. The molecule has 5 heteroatoms. The highest BCUT2D eigenvalue weighted by Gasteiger charge is 1.99. The van der Waals surface area contributed by atoms with Crippen molar-refractivity contribution in [2.45, 2.75) is 0 Å². The molecule has 0 fully saturated rings. The normalized spacial score (nSPS) is 10.8. The van der Waals surface area contributed by atoms with Gasteiger partial charge in [0.05, 0.1) is 0 Å². The van der Waals surface area contributed by atoms with E-state index < -0.39 is 11.8 Å². The molecule has 0 aromatic heterocycles. The molecule has 2 amide bonds. The summed E-state index contributed by atoms with van der Waals surface area (Å²) in [6.45, 7) is 0. The number of nitrogens with zero attached hydrogens (tertiary/aromatic N) is 1. The number of anilines is 1. The molecule has 0 aliphatic rings. The summed E-state index contributed by atoms with van der Waals surface area (Å²) in [5.74, 6) is -0.806. The number of benzene rings is 2. The van der Waals surface area contributed by atoms with E-state index in [2.05, 4.69) is 10.9 Å². The van der Waals surface area contributed by atoms with Crippen molar-refractivity contribution in [3.63, 3.8) is 0 Å². The summed E-state index contributed by atoms with van der Waals surface area (Å²) < 4.78 is 0. The number of nitrogens with one attached hydrogen (secondary N) is 2. The first-order valence-corrected chi connectivity index (χ1v) is 7.83. The Morgan fingerprint density at radius 1 is 0.760 bits per heavy atom. The molecular formula is C20H21N3O2. The molecule has 2 rings (SSSR count). The zero-order chi connectivity index (χ0) is 18.1. The zero-order valence-electron chi connectivity index (χ0n) is 14.3. The molecule has 0 aliphatic heterocycles. The fourth-order valence-corrected chi connectivity index (χ4v) is 2.00. The lowest BCUT2D eigenvalue weighted by Gasteiger charge is -2.11. The van der Waals surface area contributed by atoms with E-state index >= 15 is 0 Å². The van der Waals surface area contributed by atoms with E-state index in [1.165, 1.54) is 12.2 Å². The Morgan fingerprint density at radius 2 is 1.24 bits per heavy atom. The average Bonchev–Trinajstić information content (AvgIpc) is 2.64. The van der Waals surface area contributed by atoms with Crippen LogP contribution in [0.4, 0.5) is 5.69 Å². The van der Waals surface area contributed by atoms with Crippen LogP contribution in [-0.2, 0) is 9.59 Å². The van der Waals surface area contributed by atoms with Crippen molar-refractivity contribution in [2.75, 3.05) is 19.0 Å². The molecule has 2 N–H and O–H groups in total. The highest BCUT2D eigenvalue weighted by molar-refractivity contribution is 5.96. The van der Waals surface area contributed by atoms with Gasteiger partial charge in [0.1, 0.15) is 0 Å². The van der Waals surface area contributed by atoms with Crippen LogP contribution in [0.15, 0.2) is 66.7 Å². The number of hydrogen-bond acceptors (Lipinski definition) is 3. The topological polar surface area (TPSA) is 61.4 Å². The van der Waals surface area contributed by atoms with Gasteiger partial charge < -0.3 is 4.90 Å². The summed E-state index contributed by atoms with van der Waals surface area (Å²) in [4.78, 5) is 25.4. The van der Waals surface area contributed by atoms with Crippen molar-refractivity contribution in [3.8, 4) is 0 Å². The molecule has 0 saturated carbocycles. The fraction of sp³-hybridized carbons (Fsp3) is 0.100. The number of hydrazine groups is 1. The molecule has 2 aromatic rings. The van der Waals surface area contributed by atoms with Gasteiger partial charge >= 0.3 is 0 Å². The maximum Gasteiger partial charge on any atom is 0.262 e. The lowest BCUT2D eigenvalue weighted by Crippen LogP contribution is -2.39. The first kappa shape index (κ1) is 18.0. The monoisotopic (exact) mass is 335 g/mol. The number of carbonyl (C=O) groups is 2. The Morgan fingerprint density at radius 3 is 1.72 bits per heavy atom. The minimum absolute atomic E-state index is 0.402. The van der Waals surface area contributed by atoms with E-state index in [1.54, 1.807) is 12.2 Å². The molecule has 0 heterocycles. The van der Waals surface area contributed by atoms with Gasteiger partial charge in [-0.3, -0.25) is 20.4 Å². The molecular weight excluding hydrogens is 314 g/mol. The third-order valence-corrected chi connectivity index (χ3v) is 3.37. The quantitative estimate of drug-likeness (QED) is 0.652. The van der Waals surface area contributed by atoms with Gasteiger partial charge in [0.2, 0.25) is 0 Å². The minimum Gasteiger partial charge on any atom is -0.378 e. The summed E-state index contributed by atoms with van der Waals surface area (Å²) in [5.41, 5.74) is 7.55. The van der Waals surface area contributed by atoms with Crippen LogP contribution in [0.5, 0.6) is 0 Å². The van der Waals surface area contributed by atoms with E-state index in [4.69, 9.17) is 0 Å². The first-order valence-electron chi connectivity index (χ1n) is 7.83. The summed E-state index contributed by atoms with van der Waals surface area (Å²) in [6.07, 6.45) is 6.08. The van der Waals surface area contributed by atoms with Crippen LogP contribution in [0.1, 0.15) is 11.1 Å². The average molecular weight is 335 g/mol. The predicted molar refractivity (Wildman–Crippen MR) is 102 cm³/mol. The van der Waals surface area contributed by atoms with Crippen LogP contribution in [0.3, 0.4) is 0 Å². The third kappa shape index (κ3) is 6.35. The highest BCUT2D eigenvalue weighted by atomic mass is 16.2. The predicted octanol–water partition coefficient (Wildman–Crippen LogP) is 2.63. The van der Waals surface area contributed by atoms with Gasteiger partial charge in [-0.15, -0.1) is 0 Å². The van der Waals surface area contributed by atoms with Crippen molar-refractivity contribution in [1.82, 2.24) is 10.9 Å². The molecule has 0 saturated heterocycles. The molecule has 0 unspecified atom stereocenters. The van der Waals surface area contributed by atoms with E-state index in [0.29, 0.717) is 0 Å².